The van der Waals surface area contributed by atoms with Crippen LogP contribution in [0.2, 0.25) is 10.0 Å². The summed E-state index contributed by atoms with van der Waals surface area (Å²) >= 11 is 13.8. The Labute approximate surface area is 164 Å². The highest BCUT2D eigenvalue weighted by molar-refractivity contribution is 7.17. The quantitative estimate of drug-likeness (QED) is 0.428. The van der Waals surface area contributed by atoms with Gasteiger partial charge in [-0.2, -0.15) is 0 Å². The van der Waals surface area contributed by atoms with Gasteiger partial charge in [0.25, 0.3) is 0 Å². The van der Waals surface area contributed by atoms with Crippen molar-refractivity contribution < 1.29 is 4.74 Å². The van der Waals surface area contributed by atoms with E-state index in [1.807, 2.05) is 30.3 Å². The van der Waals surface area contributed by atoms with Gasteiger partial charge in [-0.3, -0.25) is 0 Å². The van der Waals surface area contributed by atoms with Crippen molar-refractivity contribution in [3.63, 3.8) is 0 Å². The molecular weight excluding hydrogens is 389 g/mol. The number of benzene rings is 2. The normalized spacial score (nSPS) is 10.9. The zero-order valence-electron chi connectivity index (χ0n) is 13.7. The molecule has 0 amide bonds. The maximum atomic E-state index is 6.29. The molecule has 26 heavy (non-hydrogen) atoms. The molecule has 2 heterocycles. The molecule has 0 aliphatic carbocycles. The Hall–Kier alpha value is -2.34. The number of rotatable bonds is 4. The number of thiophene rings is 1. The second-order valence-corrected chi connectivity index (χ2v) is 7.23. The molecule has 0 bridgehead atoms. The van der Waals surface area contributed by atoms with Crippen molar-refractivity contribution in [3.8, 4) is 16.9 Å². The number of nitrogens with zero attached hydrogens (tertiary/aromatic N) is 2. The third kappa shape index (κ3) is 3.21. The molecule has 0 saturated carbocycles. The van der Waals surface area contributed by atoms with E-state index in [9.17, 15) is 0 Å². The molecule has 1 N–H and O–H groups in total. The Bertz CT molecular complexity index is 1080. The van der Waals surface area contributed by atoms with Gasteiger partial charge in [0.1, 0.15) is 22.7 Å². The first kappa shape index (κ1) is 17.1. The Balaban J connectivity index is 1.81. The fourth-order valence-corrected chi connectivity index (χ4v) is 4.04. The van der Waals surface area contributed by atoms with Crippen molar-refractivity contribution in [2.24, 2.45) is 0 Å². The fourth-order valence-electron chi connectivity index (χ4n) is 2.67. The topological polar surface area (TPSA) is 47.0 Å². The molecule has 0 aliphatic heterocycles. The van der Waals surface area contributed by atoms with Crippen LogP contribution in [0.25, 0.3) is 21.3 Å². The summed E-state index contributed by atoms with van der Waals surface area (Å²) in [5, 5.41) is 7.45. The van der Waals surface area contributed by atoms with E-state index < -0.39 is 0 Å². The third-order valence-corrected chi connectivity index (χ3v) is 5.39. The molecule has 4 nitrogen and oxygen atoms in total. The van der Waals surface area contributed by atoms with Crippen LogP contribution in [0.1, 0.15) is 0 Å². The number of nitrogens with one attached hydrogen (secondary N) is 1. The van der Waals surface area contributed by atoms with E-state index in [2.05, 4.69) is 20.7 Å². The molecule has 4 rings (SSSR count). The standard InChI is InChI=1S/C19H13Cl2N3OS/c1-25-13-5-2-11(3-6-13)14-9-26-19-17(14)18(22-10-23-19)24-16-7-4-12(20)8-15(16)21/h2-10H,1H3,(H,22,23,24). The van der Waals surface area contributed by atoms with Crippen molar-refractivity contribution in [2.45, 2.75) is 0 Å². The highest BCUT2D eigenvalue weighted by Crippen LogP contribution is 2.38. The van der Waals surface area contributed by atoms with Gasteiger partial charge in [-0.15, -0.1) is 11.3 Å². The molecule has 2 aromatic heterocycles. The number of hydrogen-bond acceptors (Lipinski definition) is 5. The molecule has 2 aromatic carbocycles. The minimum absolute atomic E-state index is 0.533. The third-order valence-electron chi connectivity index (χ3n) is 3.96. The van der Waals surface area contributed by atoms with E-state index >= 15 is 0 Å². The predicted molar refractivity (Wildman–Crippen MR) is 109 cm³/mol. The fraction of sp³-hybridized carbons (Fsp3) is 0.0526. The van der Waals surface area contributed by atoms with E-state index in [0.717, 1.165) is 32.8 Å². The van der Waals surface area contributed by atoms with E-state index in [4.69, 9.17) is 27.9 Å². The number of ether oxygens (including phenoxy) is 1. The van der Waals surface area contributed by atoms with Gasteiger partial charge >= 0.3 is 0 Å². The smallest absolute Gasteiger partial charge is 0.143 e. The largest absolute Gasteiger partial charge is 0.497 e. The average molecular weight is 402 g/mol. The lowest BCUT2D eigenvalue weighted by Crippen LogP contribution is -1.96. The molecule has 0 unspecified atom stereocenters. The molecule has 0 fully saturated rings. The molecule has 7 heteroatoms. The highest BCUT2D eigenvalue weighted by atomic mass is 35.5. The molecule has 0 aliphatic rings. The molecule has 130 valence electrons. The minimum Gasteiger partial charge on any atom is -0.497 e. The molecule has 0 spiro atoms. The van der Waals surface area contributed by atoms with Crippen molar-refractivity contribution in [1.29, 1.82) is 0 Å². The molecule has 4 aromatic rings. The Morgan fingerprint density at radius 1 is 1.04 bits per heavy atom. The number of halogens is 2. The van der Waals surface area contributed by atoms with Crippen LogP contribution in [-0.4, -0.2) is 17.1 Å². The average Bonchev–Trinajstić information content (AvgIpc) is 3.09. The molecular formula is C19H13Cl2N3OS. The Morgan fingerprint density at radius 3 is 2.58 bits per heavy atom. The summed E-state index contributed by atoms with van der Waals surface area (Å²) in [7, 11) is 1.65. The van der Waals surface area contributed by atoms with Gasteiger partial charge in [0, 0.05) is 16.0 Å². The molecule has 0 atom stereocenters. The lowest BCUT2D eigenvalue weighted by atomic mass is 10.1. The maximum Gasteiger partial charge on any atom is 0.143 e. The first-order chi connectivity index (χ1) is 12.7. The zero-order chi connectivity index (χ0) is 18.1. The second kappa shape index (κ2) is 7.11. The van der Waals surface area contributed by atoms with Crippen molar-refractivity contribution in [2.75, 3.05) is 12.4 Å². The van der Waals surface area contributed by atoms with Gasteiger partial charge in [0.15, 0.2) is 0 Å². The summed E-state index contributed by atoms with van der Waals surface area (Å²) in [6.07, 6.45) is 1.54. The SMILES string of the molecule is COc1ccc(-c2csc3ncnc(Nc4ccc(Cl)cc4Cl)c23)cc1. The van der Waals surface area contributed by atoms with Crippen LogP contribution in [0.15, 0.2) is 54.2 Å². The van der Waals surface area contributed by atoms with E-state index in [-0.39, 0.29) is 0 Å². The van der Waals surface area contributed by atoms with Crippen LogP contribution in [0.3, 0.4) is 0 Å². The number of methoxy groups -OCH3 is 1. The first-order valence-corrected chi connectivity index (χ1v) is 9.38. The van der Waals surface area contributed by atoms with E-state index in [1.54, 1.807) is 36.9 Å². The second-order valence-electron chi connectivity index (χ2n) is 5.53. The van der Waals surface area contributed by atoms with Crippen LogP contribution < -0.4 is 10.1 Å². The van der Waals surface area contributed by atoms with Crippen LogP contribution in [0, 0.1) is 0 Å². The minimum atomic E-state index is 0.533. The van der Waals surface area contributed by atoms with Gasteiger partial charge in [-0.25, -0.2) is 9.97 Å². The van der Waals surface area contributed by atoms with Crippen molar-refractivity contribution >= 4 is 56.3 Å². The summed E-state index contributed by atoms with van der Waals surface area (Å²) in [5.41, 5.74) is 2.86. The summed E-state index contributed by atoms with van der Waals surface area (Å²) in [4.78, 5) is 9.72. The monoisotopic (exact) mass is 401 g/mol. The van der Waals surface area contributed by atoms with Crippen LogP contribution in [-0.2, 0) is 0 Å². The summed E-state index contributed by atoms with van der Waals surface area (Å²) in [6.45, 7) is 0. The molecule has 0 saturated heterocycles. The zero-order valence-corrected chi connectivity index (χ0v) is 16.0. The van der Waals surface area contributed by atoms with Gasteiger partial charge in [-0.05, 0) is 35.9 Å². The lowest BCUT2D eigenvalue weighted by Gasteiger charge is -2.10. The van der Waals surface area contributed by atoms with E-state index in [1.165, 1.54) is 0 Å². The van der Waals surface area contributed by atoms with Gasteiger partial charge in [-0.1, -0.05) is 35.3 Å². The van der Waals surface area contributed by atoms with Crippen LogP contribution in [0.4, 0.5) is 11.5 Å². The van der Waals surface area contributed by atoms with Crippen LogP contribution >= 0.6 is 34.5 Å². The van der Waals surface area contributed by atoms with Gasteiger partial charge in [0.05, 0.1) is 23.2 Å². The summed E-state index contributed by atoms with van der Waals surface area (Å²) in [5.74, 6) is 1.52. The van der Waals surface area contributed by atoms with Crippen molar-refractivity contribution in [1.82, 2.24) is 9.97 Å². The maximum absolute atomic E-state index is 6.29. The molecule has 0 radical (unpaired) electrons. The van der Waals surface area contributed by atoms with Crippen molar-refractivity contribution in [3.05, 3.63) is 64.2 Å². The van der Waals surface area contributed by atoms with E-state index in [0.29, 0.717) is 15.9 Å². The lowest BCUT2D eigenvalue weighted by molar-refractivity contribution is 0.415. The van der Waals surface area contributed by atoms with Gasteiger partial charge < -0.3 is 10.1 Å². The first-order valence-electron chi connectivity index (χ1n) is 7.74. The Morgan fingerprint density at radius 2 is 1.85 bits per heavy atom. The Kier molecular flexibility index (Phi) is 4.68. The number of fused-ring (bicyclic) bond motifs is 1. The predicted octanol–water partition coefficient (Wildman–Crippen LogP) is 6.42. The number of hydrogen-bond donors (Lipinski definition) is 1. The number of anilines is 2. The summed E-state index contributed by atoms with van der Waals surface area (Å²) in [6, 6.07) is 13.2. The van der Waals surface area contributed by atoms with Gasteiger partial charge in [0.2, 0.25) is 0 Å². The number of aromatic nitrogens is 2. The summed E-state index contributed by atoms with van der Waals surface area (Å²) < 4.78 is 5.24. The van der Waals surface area contributed by atoms with Crippen LogP contribution in [0.5, 0.6) is 5.75 Å². The highest BCUT2D eigenvalue weighted by Gasteiger charge is 2.14.